The lowest BCUT2D eigenvalue weighted by Gasteiger charge is -2.38. The Labute approximate surface area is 207 Å². The van der Waals surface area contributed by atoms with E-state index >= 15 is 0 Å². The predicted octanol–water partition coefficient (Wildman–Crippen LogP) is 6.14. The van der Waals surface area contributed by atoms with Crippen LogP contribution in [0.4, 0.5) is 0 Å². The highest BCUT2D eigenvalue weighted by molar-refractivity contribution is 7.10. The molecule has 0 bridgehead atoms. The van der Waals surface area contributed by atoms with Gasteiger partial charge < -0.3 is 9.80 Å². The predicted molar refractivity (Wildman–Crippen MR) is 133 cm³/mol. The van der Waals surface area contributed by atoms with Crippen molar-refractivity contribution in [3.05, 3.63) is 91.1 Å². The monoisotopic (exact) mass is 498 g/mol. The molecule has 1 saturated carbocycles. The summed E-state index contributed by atoms with van der Waals surface area (Å²) in [6.45, 7) is 2.59. The van der Waals surface area contributed by atoms with Gasteiger partial charge in [-0.05, 0) is 72.5 Å². The van der Waals surface area contributed by atoms with Gasteiger partial charge in [0.1, 0.15) is 6.54 Å². The van der Waals surface area contributed by atoms with Crippen LogP contribution in [0.5, 0.6) is 0 Å². The first kappa shape index (κ1) is 22.5. The Morgan fingerprint density at radius 1 is 1.09 bits per heavy atom. The van der Waals surface area contributed by atoms with E-state index in [1.165, 1.54) is 4.88 Å². The zero-order valence-corrected chi connectivity index (χ0v) is 20.6. The fourth-order valence-corrected chi connectivity index (χ4v) is 6.02. The minimum absolute atomic E-state index is 0.0586. The van der Waals surface area contributed by atoms with E-state index in [0.717, 1.165) is 36.0 Å². The number of hydrogen-bond donors (Lipinski definition) is 0. The molecule has 0 spiro atoms. The summed E-state index contributed by atoms with van der Waals surface area (Å²) in [6.07, 6.45) is 2.67. The SMILES string of the molecule is Cc1ccccc1C(=O)N(CC(=O)N1CCc2sccc2C1c1ccc(Cl)cc1Cl)C1CC1. The van der Waals surface area contributed by atoms with Gasteiger partial charge in [0.25, 0.3) is 5.91 Å². The molecule has 5 rings (SSSR count). The van der Waals surface area contributed by atoms with Gasteiger partial charge in [-0.3, -0.25) is 9.59 Å². The van der Waals surface area contributed by atoms with Gasteiger partial charge in [-0.2, -0.15) is 0 Å². The van der Waals surface area contributed by atoms with Crippen LogP contribution in [0, 0.1) is 6.92 Å². The molecule has 1 aromatic heterocycles. The summed E-state index contributed by atoms with van der Waals surface area (Å²) in [6, 6.07) is 14.9. The third kappa shape index (κ3) is 4.42. The average Bonchev–Trinajstić information content (AvgIpc) is 3.52. The molecule has 2 heterocycles. The summed E-state index contributed by atoms with van der Waals surface area (Å²) < 4.78 is 0. The first-order chi connectivity index (χ1) is 15.9. The molecule has 1 aliphatic carbocycles. The van der Waals surface area contributed by atoms with E-state index in [9.17, 15) is 9.59 Å². The highest BCUT2D eigenvalue weighted by Crippen LogP contribution is 2.41. The highest BCUT2D eigenvalue weighted by atomic mass is 35.5. The van der Waals surface area contributed by atoms with E-state index < -0.39 is 0 Å². The van der Waals surface area contributed by atoms with E-state index in [4.69, 9.17) is 23.2 Å². The summed E-state index contributed by atoms with van der Waals surface area (Å²) in [7, 11) is 0. The molecule has 1 unspecified atom stereocenters. The third-order valence-corrected chi connectivity index (χ3v) is 8.03. The third-order valence-electron chi connectivity index (χ3n) is 6.47. The molecule has 170 valence electrons. The topological polar surface area (TPSA) is 40.6 Å². The fourth-order valence-electron chi connectivity index (χ4n) is 4.60. The summed E-state index contributed by atoms with van der Waals surface area (Å²) >= 11 is 14.4. The van der Waals surface area contributed by atoms with E-state index in [2.05, 4.69) is 11.4 Å². The number of carbonyl (C=O) groups is 2. The Balaban J connectivity index is 1.46. The van der Waals surface area contributed by atoms with Crippen molar-refractivity contribution in [1.82, 2.24) is 9.80 Å². The molecule has 0 saturated heterocycles. The zero-order valence-electron chi connectivity index (χ0n) is 18.3. The molecule has 2 aromatic carbocycles. The standard InChI is InChI=1S/C26H24Cl2N2O2S/c1-16-4-2-3-5-19(16)26(32)30(18-7-8-18)15-24(31)29-12-10-23-21(11-13-33-23)25(29)20-9-6-17(27)14-22(20)28/h2-6,9,11,13-14,18,25H,7-8,10,12,15H2,1H3. The minimum atomic E-state index is -0.285. The maximum absolute atomic E-state index is 13.7. The molecular formula is C26H24Cl2N2O2S. The lowest BCUT2D eigenvalue weighted by molar-refractivity contribution is -0.134. The zero-order chi connectivity index (χ0) is 23.1. The van der Waals surface area contributed by atoms with Crippen molar-refractivity contribution in [3.8, 4) is 0 Å². The molecule has 3 aromatic rings. The van der Waals surface area contributed by atoms with Crippen LogP contribution in [0.15, 0.2) is 53.9 Å². The van der Waals surface area contributed by atoms with Gasteiger partial charge in [0.15, 0.2) is 0 Å². The smallest absolute Gasteiger partial charge is 0.254 e. The fraction of sp³-hybridized carbons (Fsp3) is 0.308. The van der Waals surface area contributed by atoms with E-state index in [-0.39, 0.29) is 30.4 Å². The van der Waals surface area contributed by atoms with E-state index in [1.54, 1.807) is 22.3 Å². The average molecular weight is 499 g/mol. The Hall–Kier alpha value is -2.34. The summed E-state index contributed by atoms with van der Waals surface area (Å²) in [5, 5.41) is 3.17. The number of nitrogens with zero attached hydrogens (tertiary/aromatic N) is 2. The first-order valence-electron chi connectivity index (χ1n) is 11.1. The first-order valence-corrected chi connectivity index (χ1v) is 12.7. The molecular weight excluding hydrogens is 475 g/mol. The Morgan fingerprint density at radius 3 is 2.61 bits per heavy atom. The number of halogens is 2. The van der Waals surface area contributed by atoms with Crippen LogP contribution in [-0.2, 0) is 11.2 Å². The van der Waals surface area contributed by atoms with Crippen molar-refractivity contribution in [1.29, 1.82) is 0 Å². The summed E-state index contributed by atoms with van der Waals surface area (Å²) in [5.41, 5.74) is 3.55. The maximum Gasteiger partial charge on any atom is 0.254 e. The lowest BCUT2D eigenvalue weighted by Crippen LogP contribution is -2.47. The Bertz CT molecular complexity index is 1220. The number of hydrogen-bond acceptors (Lipinski definition) is 3. The van der Waals surface area contributed by atoms with E-state index in [1.807, 2.05) is 48.2 Å². The van der Waals surface area contributed by atoms with Crippen LogP contribution in [-0.4, -0.2) is 40.7 Å². The molecule has 1 fully saturated rings. The molecule has 2 amide bonds. The van der Waals surface area contributed by atoms with Gasteiger partial charge in [0.05, 0.1) is 6.04 Å². The largest absolute Gasteiger partial charge is 0.330 e. The van der Waals surface area contributed by atoms with Crippen LogP contribution in [0.1, 0.15) is 50.8 Å². The van der Waals surface area contributed by atoms with Gasteiger partial charge in [0.2, 0.25) is 5.91 Å². The van der Waals surface area contributed by atoms with Crippen LogP contribution in [0.25, 0.3) is 0 Å². The second kappa shape index (κ2) is 9.13. The highest BCUT2D eigenvalue weighted by Gasteiger charge is 2.39. The lowest BCUT2D eigenvalue weighted by atomic mass is 9.93. The minimum Gasteiger partial charge on any atom is -0.330 e. The normalized spacial score (nSPS) is 17.5. The quantitative estimate of drug-likeness (QED) is 0.423. The van der Waals surface area contributed by atoms with Crippen molar-refractivity contribution >= 4 is 46.4 Å². The number of benzene rings is 2. The Kier molecular flexibility index (Phi) is 6.21. The molecule has 1 atom stereocenters. The number of rotatable bonds is 5. The molecule has 7 heteroatoms. The van der Waals surface area contributed by atoms with Crippen LogP contribution < -0.4 is 0 Å². The number of carbonyl (C=O) groups excluding carboxylic acids is 2. The number of thiophene rings is 1. The molecule has 0 N–H and O–H groups in total. The second-order valence-corrected chi connectivity index (χ2v) is 10.5. The van der Waals surface area contributed by atoms with Gasteiger partial charge >= 0.3 is 0 Å². The van der Waals surface area contributed by atoms with Crippen LogP contribution >= 0.6 is 34.5 Å². The molecule has 2 aliphatic rings. The van der Waals surface area contributed by atoms with Gasteiger partial charge in [-0.25, -0.2) is 0 Å². The number of aryl methyl sites for hydroxylation is 1. The van der Waals surface area contributed by atoms with Gasteiger partial charge in [0, 0.05) is 33.1 Å². The van der Waals surface area contributed by atoms with Crippen LogP contribution in [0.2, 0.25) is 10.0 Å². The summed E-state index contributed by atoms with van der Waals surface area (Å²) in [4.78, 5) is 32.0. The summed E-state index contributed by atoms with van der Waals surface area (Å²) in [5.74, 6) is -0.130. The van der Waals surface area contributed by atoms with Gasteiger partial charge in [-0.1, -0.05) is 47.5 Å². The van der Waals surface area contributed by atoms with Crippen molar-refractivity contribution in [2.75, 3.05) is 13.1 Å². The second-order valence-electron chi connectivity index (χ2n) is 8.68. The van der Waals surface area contributed by atoms with E-state index in [0.29, 0.717) is 22.2 Å². The van der Waals surface area contributed by atoms with Crippen molar-refractivity contribution in [2.24, 2.45) is 0 Å². The van der Waals surface area contributed by atoms with Gasteiger partial charge in [-0.15, -0.1) is 11.3 Å². The molecule has 4 nitrogen and oxygen atoms in total. The van der Waals surface area contributed by atoms with Crippen molar-refractivity contribution in [3.63, 3.8) is 0 Å². The maximum atomic E-state index is 13.7. The molecule has 1 aliphatic heterocycles. The van der Waals surface area contributed by atoms with Crippen molar-refractivity contribution < 1.29 is 9.59 Å². The van der Waals surface area contributed by atoms with Crippen molar-refractivity contribution in [2.45, 2.75) is 38.3 Å². The number of amides is 2. The Morgan fingerprint density at radius 2 is 1.88 bits per heavy atom. The number of fused-ring (bicyclic) bond motifs is 1. The van der Waals surface area contributed by atoms with Crippen LogP contribution in [0.3, 0.4) is 0 Å². The molecule has 33 heavy (non-hydrogen) atoms. The molecule has 0 radical (unpaired) electrons.